The molecule has 0 amide bonds. The first kappa shape index (κ1) is 19.6. The Labute approximate surface area is 184 Å². The third kappa shape index (κ3) is 3.21. The predicted molar refractivity (Wildman–Crippen MR) is 125 cm³/mol. The Kier molecular flexibility index (Phi) is 4.73. The molecule has 0 aromatic heterocycles. The number of ether oxygens (including phenoxy) is 2. The van der Waals surface area contributed by atoms with Gasteiger partial charge in [-0.3, -0.25) is 0 Å². The highest BCUT2D eigenvalue weighted by Crippen LogP contribution is 2.35. The van der Waals surface area contributed by atoms with E-state index >= 15 is 0 Å². The fourth-order valence-corrected chi connectivity index (χ4v) is 4.15. The van der Waals surface area contributed by atoms with Gasteiger partial charge in [0.25, 0.3) is 0 Å². The van der Waals surface area contributed by atoms with Gasteiger partial charge >= 0.3 is 11.9 Å². The predicted octanol–water partition coefficient (Wildman–Crippen LogP) is 5.56. The topological polar surface area (TPSA) is 52.6 Å². The molecule has 5 aromatic rings. The molecule has 0 bridgehead atoms. The second kappa shape index (κ2) is 7.72. The number of benzene rings is 5. The summed E-state index contributed by atoms with van der Waals surface area (Å²) in [5.74, 6) is 5.26. The quantitative estimate of drug-likeness (QED) is 0.214. The summed E-state index contributed by atoms with van der Waals surface area (Å²) in [5, 5.41) is 7.03. The van der Waals surface area contributed by atoms with E-state index in [1.807, 2.05) is 6.07 Å². The highest BCUT2D eigenvalue weighted by molar-refractivity contribution is 6.23. The SMILES string of the molecule is COC(=O)c1cc(C#Cc2ccc3ccc4cccc5ccc2c3c45)cc(C(=O)OC)c1. The zero-order chi connectivity index (χ0) is 22.2. The van der Waals surface area contributed by atoms with Crippen LogP contribution in [0.3, 0.4) is 0 Å². The van der Waals surface area contributed by atoms with Crippen LogP contribution in [-0.4, -0.2) is 26.2 Å². The first-order chi connectivity index (χ1) is 15.6. The van der Waals surface area contributed by atoms with E-state index in [4.69, 9.17) is 9.47 Å². The van der Waals surface area contributed by atoms with Crippen LogP contribution in [0.2, 0.25) is 0 Å². The number of carbonyl (C=O) groups is 2. The van der Waals surface area contributed by atoms with E-state index < -0.39 is 11.9 Å². The molecule has 0 unspecified atom stereocenters. The Morgan fingerprint density at radius 1 is 0.656 bits per heavy atom. The Morgan fingerprint density at radius 2 is 1.22 bits per heavy atom. The summed E-state index contributed by atoms with van der Waals surface area (Å²) in [4.78, 5) is 24.1. The van der Waals surface area contributed by atoms with Crippen LogP contribution in [-0.2, 0) is 9.47 Å². The molecule has 0 heterocycles. The highest BCUT2D eigenvalue weighted by atomic mass is 16.5. The monoisotopic (exact) mass is 418 g/mol. The Morgan fingerprint density at radius 3 is 1.84 bits per heavy atom. The number of hydrogen-bond donors (Lipinski definition) is 0. The molecule has 0 aliphatic heterocycles. The van der Waals surface area contributed by atoms with Gasteiger partial charge in [0.1, 0.15) is 0 Å². The van der Waals surface area contributed by atoms with Crippen LogP contribution in [0.4, 0.5) is 0 Å². The van der Waals surface area contributed by atoms with Gasteiger partial charge in [0.15, 0.2) is 0 Å². The van der Waals surface area contributed by atoms with E-state index in [9.17, 15) is 9.59 Å². The van der Waals surface area contributed by atoms with Crippen molar-refractivity contribution in [1.29, 1.82) is 0 Å². The molecule has 4 nitrogen and oxygen atoms in total. The van der Waals surface area contributed by atoms with Crippen molar-refractivity contribution in [3.63, 3.8) is 0 Å². The summed E-state index contributed by atoms with van der Waals surface area (Å²) in [6.07, 6.45) is 0. The van der Waals surface area contributed by atoms with E-state index in [-0.39, 0.29) is 11.1 Å². The molecule has 0 saturated heterocycles. The molecule has 0 radical (unpaired) electrons. The summed E-state index contributed by atoms with van der Waals surface area (Å²) in [6.45, 7) is 0. The summed E-state index contributed by atoms with van der Waals surface area (Å²) < 4.78 is 9.61. The van der Waals surface area contributed by atoms with E-state index in [0.717, 1.165) is 16.3 Å². The standard InChI is InChI=1S/C28H18O4/c1-31-27(29)22-14-17(15-23(16-22)28(30)32-2)6-7-18-8-9-21-11-10-19-4-3-5-20-12-13-24(18)26(21)25(19)20/h3-5,8-16H,1-2H3. The molecule has 5 aromatic carbocycles. The maximum absolute atomic E-state index is 12.0. The maximum Gasteiger partial charge on any atom is 0.337 e. The van der Waals surface area contributed by atoms with Gasteiger partial charge in [0, 0.05) is 11.1 Å². The normalized spacial score (nSPS) is 10.8. The van der Waals surface area contributed by atoms with Crippen LogP contribution in [0.5, 0.6) is 0 Å². The van der Waals surface area contributed by atoms with E-state index in [2.05, 4.69) is 60.4 Å². The number of hydrogen-bond acceptors (Lipinski definition) is 4. The van der Waals surface area contributed by atoms with Gasteiger partial charge in [-0.15, -0.1) is 0 Å². The average Bonchev–Trinajstić information content (AvgIpc) is 2.85. The molecule has 0 aliphatic rings. The van der Waals surface area contributed by atoms with Gasteiger partial charge in [-0.05, 0) is 56.6 Å². The molecular formula is C28H18O4. The minimum atomic E-state index is -0.540. The molecular weight excluding hydrogens is 400 g/mol. The summed E-state index contributed by atoms with van der Waals surface area (Å²) in [6, 6.07) is 23.5. The van der Waals surface area contributed by atoms with Crippen LogP contribution in [0.1, 0.15) is 31.8 Å². The number of rotatable bonds is 2. The summed E-state index contributed by atoms with van der Waals surface area (Å²) >= 11 is 0. The summed E-state index contributed by atoms with van der Waals surface area (Å²) in [5.41, 5.74) is 1.89. The molecule has 0 N–H and O–H groups in total. The van der Waals surface area contributed by atoms with Gasteiger partial charge in [-0.25, -0.2) is 9.59 Å². The molecule has 0 aliphatic carbocycles. The minimum Gasteiger partial charge on any atom is -0.465 e. The zero-order valence-corrected chi connectivity index (χ0v) is 17.6. The lowest BCUT2D eigenvalue weighted by Crippen LogP contribution is -2.07. The Bertz CT molecular complexity index is 1530. The Balaban J connectivity index is 1.68. The van der Waals surface area contributed by atoms with Crippen LogP contribution in [0.15, 0.2) is 72.8 Å². The van der Waals surface area contributed by atoms with Crippen molar-refractivity contribution in [1.82, 2.24) is 0 Å². The highest BCUT2D eigenvalue weighted by Gasteiger charge is 2.13. The fraction of sp³-hybridized carbons (Fsp3) is 0.0714. The molecule has 5 rings (SSSR count). The van der Waals surface area contributed by atoms with Gasteiger partial charge in [0.2, 0.25) is 0 Å². The molecule has 0 spiro atoms. The number of esters is 2. The first-order valence-corrected chi connectivity index (χ1v) is 10.1. The van der Waals surface area contributed by atoms with Crippen molar-refractivity contribution in [2.45, 2.75) is 0 Å². The molecule has 4 heteroatoms. The van der Waals surface area contributed by atoms with Crippen LogP contribution in [0, 0.1) is 11.8 Å². The largest absolute Gasteiger partial charge is 0.465 e. The maximum atomic E-state index is 12.0. The number of carbonyl (C=O) groups excluding carboxylic acids is 2. The fourth-order valence-electron chi connectivity index (χ4n) is 4.15. The lowest BCUT2D eigenvalue weighted by molar-refractivity contribution is 0.0599. The van der Waals surface area contributed by atoms with Crippen molar-refractivity contribution in [3.05, 3.63) is 95.1 Å². The van der Waals surface area contributed by atoms with Crippen molar-refractivity contribution >= 4 is 44.3 Å². The zero-order valence-electron chi connectivity index (χ0n) is 17.6. The van der Waals surface area contributed by atoms with Crippen molar-refractivity contribution in [3.8, 4) is 11.8 Å². The van der Waals surface area contributed by atoms with Crippen LogP contribution < -0.4 is 0 Å². The second-order valence-corrected chi connectivity index (χ2v) is 7.50. The average molecular weight is 418 g/mol. The van der Waals surface area contributed by atoms with Gasteiger partial charge < -0.3 is 9.47 Å². The number of methoxy groups -OCH3 is 2. The smallest absolute Gasteiger partial charge is 0.337 e. The van der Waals surface area contributed by atoms with E-state index in [1.165, 1.54) is 41.8 Å². The van der Waals surface area contributed by atoms with Crippen LogP contribution in [0.25, 0.3) is 32.3 Å². The van der Waals surface area contributed by atoms with Crippen LogP contribution >= 0.6 is 0 Å². The molecule has 154 valence electrons. The Hall–Kier alpha value is -4.36. The van der Waals surface area contributed by atoms with E-state index in [1.54, 1.807) is 12.1 Å². The van der Waals surface area contributed by atoms with E-state index in [0.29, 0.717) is 5.56 Å². The lowest BCUT2D eigenvalue weighted by atomic mass is 9.92. The minimum absolute atomic E-state index is 0.245. The third-order valence-corrected chi connectivity index (χ3v) is 5.65. The summed E-state index contributed by atoms with van der Waals surface area (Å²) in [7, 11) is 2.59. The second-order valence-electron chi connectivity index (χ2n) is 7.50. The van der Waals surface area contributed by atoms with Gasteiger partial charge in [0.05, 0.1) is 25.3 Å². The van der Waals surface area contributed by atoms with Gasteiger partial charge in [-0.2, -0.15) is 0 Å². The van der Waals surface area contributed by atoms with Crippen molar-refractivity contribution in [2.24, 2.45) is 0 Å². The van der Waals surface area contributed by atoms with Crippen molar-refractivity contribution < 1.29 is 19.1 Å². The van der Waals surface area contributed by atoms with Crippen molar-refractivity contribution in [2.75, 3.05) is 14.2 Å². The lowest BCUT2D eigenvalue weighted by Gasteiger charge is -2.11. The molecule has 0 fully saturated rings. The molecule has 0 saturated carbocycles. The molecule has 32 heavy (non-hydrogen) atoms. The third-order valence-electron chi connectivity index (χ3n) is 5.65. The molecule has 0 atom stereocenters. The first-order valence-electron chi connectivity index (χ1n) is 10.1. The van der Waals surface area contributed by atoms with Gasteiger partial charge in [-0.1, -0.05) is 60.4 Å².